The highest BCUT2D eigenvalue weighted by Gasteiger charge is 2.25. The average molecular weight is 445 g/mol. The Morgan fingerprint density at radius 3 is 2.79 bits per heavy atom. The summed E-state index contributed by atoms with van der Waals surface area (Å²) >= 11 is 0. The zero-order valence-corrected chi connectivity index (χ0v) is 19.1. The van der Waals surface area contributed by atoms with E-state index in [9.17, 15) is 0 Å². The van der Waals surface area contributed by atoms with Gasteiger partial charge in [-0.3, -0.25) is 4.40 Å². The van der Waals surface area contributed by atoms with Gasteiger partial charge in [0.25, 0.3) is 5.78 Å². The van der Waals surface area contributed by atoms with Crippen LogP contribution in [0.2, 0.25) is 0 Å². The van der Waals surface area contributed by atoms with Gasteiger partial charge in [-0.05, 0) is 52.1 Å². The summed E-state index contributed by atoms with van der Waals surface area (Å²) in [5.41, 5.74) is 3.09. The van der Waals surface area contributed by atoms with Gasteiger partial charge < -0.3 is 15.0 Å². The van der Waals surface area contributed by atoms with Crippen LogP contribution in [0.5, 0.6) is 0 Å². The third kappa shape index (κ3) is 3.69. The molecule has 1 aliphatic heterocycles. The topological polar surface area (TPSA) is 67.6 Å². The molecule has 7 nitrogen and oxygen atoms in total. The Morgan fingerprint density at radius 1 is 1.15 bits per heavy atom. The molecule has 1 aliphatic rings. The number of nitrogens with zero attached hydrogens (tertiary/aromatic N) is 5. The molecule has 0 saturated carbocycles. The van der Waals surface area contributed by atoms with Crippen molar-refractivity contribution < 1.29 is 9.13 Å². The first-order valence-corrected chi connectivity index (χ1v) is 10.9. The van der Waals surface area contributed by atoms with Crippen molar-refractivity contribution in [2.75, 3.05) is 25.1 Å². The van der Waals surface area contributed by atoms with Crippen molar-refractivity contribution in [3.05, 3.63) is 59.2 Å². The molecule has 0 unspecified atom stereocenters. The molecule has 0 amide bonds. The molecule has 4 aromatic rings. The quantitative estimate of drug-likeness (QED) is 0.475. The fourth-order valence-electron chi connectivity index (χ4n) is 4.02. The second kappa shape index (κ2) is 8.10. The Hall–Kier alpha value is -3.54. The Bertz CT molecular complexity index is 1430. The van der Waals surface area contributed by atoms with Crippen LogP contribution in [0.25, 0.3) is 16.7 Å². The van der Waals surface area contributed by atoms with Gasteiger partial charge in [0.1, 0.15) is 17.5 Å². The largest absolute Gasteiger partial charge is 0.375 e. The van der Waals surface area contributed by atoms with Gasteiger partial charge in [0, 0.05) is 23.4 Å². The maximum Gasteiger partial charge on any atom is 0.257 e. The summed E-state index contributed by atoms with van der Waals surface area (Å²) in [6.07, 6.45) is 0. The van der Waals surface area contributed by atoms with Crippen LogP contribution in [0.4, 0.5) is 15.9 Å². The van der Waals surface area contributed by atoms with Crippen LogP contribution < -0.4 is 10.2 Å². The number of anilines is 2. The summed E-state index contributed by atoms with van der Waals surface area (Å²) in [4.78, 5) is 6.76. The minimum absolute atomic E-state index is 0.328. The monoisotopic (exact) mass is 444 g/mol. The van der Waals surface area contributed by atoms with Crippen molar-refractivity contribution in [3.8, 4) is 11.8 Å². The predicted molar refractivity (Wildman–Crippen MR) is 126 cm³/mol. The fourth-order valence-corrected chi connectivity index (χ4v) is 4.02. The molecule has 5 rings (SSSR count). The van der Waals surface area contributed by atoms with Crippen molar-refractivity contribution in [1.29, 1.82) is 0 Å². The Balaban J connectivity index is 1.75. The molecule has 0 radical (unpaired) electrons. The summed E-state index contributed by atoms with van der Waals surface area (Å²) in [5.74, 6) is 7.83. The van der Waals surface area contributed by atoms with Gasteiger partial charge in [-0.25, -0.2) is 4.39 Å². The van der Waals surface area contributed by atoms with Crippen molar-refractivity contribution in [2.24, 2.45) is 0 Å². The molecular formula is C25H25FN6O. The number of fused-ring (bicyclic) bond motifs is 4. The van der Waals surface area contributed by atoms with Crippen LogP contribution in [0, 0.1) is 24.6 Å². The number of hydrogen-bond acceptors (Lipinski definition) is 6. The third-order valence-electron chi connectivity index (χ3n) is 6.01. The first-order valence-electron chi connectivity index (χ1n) is 10.9. The summed E-state index contributed by atoms with van der Waals surface area (Å²) in [6.45, 7) is 7.30. The maximum atomic E-state index is 15.2. The molecule has 0 saturated heterocycles. The first kappa shape index (κ1) is 21.3. The molecule has 2 aromatic carbocycles. The molecular weight excluding hydrogens is 419 g/mol. The van der Waals surface area contributed by atoms with E-state index in [-0.39, 0.29) is 11.4 Å². The van der Waals surface area contributed by atoms with Crippen molar-refractivity contribution in [2.45, 2.75) is 32.9 Å². The molecule has 0 aliphatic carbocycles. The Kier molecular flexibility index (Phi) is 5.23. The smallest absolute Gasteiger partial charge is 0.257 e. The number of nitrogens with one attached hydrogen (secondary N) is 1. The Labute approximate surface area is 191 Å². The molecule has 168 valence electrons. The molecule has 33 heavy (non-hydrogen) atoms. The van der Waals surface area contributed by atoms with Gasteiger partial charge in [0.2, 0.25) is 0 Å². The number of halogens is 1. The van der Waals surface area contributed by atoms with E-state index >= 15 is 4.39 Å². The Morgan fingerprint density at radius 2 is 1.97 bits per heavy atom. The third-order valence-corrected chi connectivity index (χ3v) is 6.01. The summed E-state index contributed by atoms with van der Waals surface area (Å²) in [5, 5.41) is 12.0. The second-order valence-electron chi connectivity index (χ2n) is 8.58. The number of aromatic nitrogens is 4. The molecule has 2 aromatic heterocycles. The van der Waals surface area contributed by atoms with Crippen LogP contribution >= 0.6 is 0 Å². The average Bonchev–Trinajstić information content (AvgIpc) is 3.05. The van der Waals surface area contributed by atoms with Crippen molar-refractivity contribution in [1.82, 2.24) is 24.9 Å². The van der Waals surface area contributed by atoms with E-state index in [0.29, 0.717) is 48.1 Å². The summed E-state index contributed by atoms with van der Waals surface area (Å²) < 4.78 is 22.9. The maximum absolute atomic E-state index is 15.2. The van der Waals surface area contributed by atoms with E-state index in [2.05, 4.69) is 27.4 Å². The zero-order valence-electron chi connectivity index (χ0n) is 19.1. The highest BCUT2D eigenvalue weighted by Crippen LogP contribution is 2.37. The van der Waals surface area contributed by atoms with E-state index in [1.807, 2.05) is 57.0 Å². The number of hydrogen-bond donors (Lipinski definition) is 1. The summed E-state index contributed by atoms with van der Waals surface area (Å²) in [7, 11) is 1.89. The lowest BCUT2D eigenvalue weighted by atomic mass is 10.0. The molecule has 0 atom stereocenters. The molecule has 3 heterocycles. The molecule has 0 bridgehead atoms. The van der Waals surface area contributed by atoms with Gasteiger partial charge >= 0.3 is 0 Å². The van der Waals surface area contributed by atoms with Gasteiger partial charge in [0.15, 0.2) is 0 Å². The first-order chi connectivity index (χ1) is 15.9. The van der Waals surface area contributed by atoms with E-state index in [1.54, 1.807) is 10.5 Å². The van der Waals surface area contributed by atoms with Crippen LogP contribution in [0.3, 0.4) is 0 Å². The van der Waals surface area contributed by atoms with Gasteiger partial charge in [-0.1, -0.05) is 24.0 Å². The minimum atomic E-state index is -0.344. The highest BCUT2D eigenvalue weighted by molar-refractivity contribution is 5.94. The lowest BCUT2D eigenvalue weighted by Gasteiger charge is -2.25. The van der Waals surface area contributed by atoms with Crippen LogP contribution in [-0.4, -0.2) is 45.3 Å². The molecule has 0 spiro atoms. The summed E-state index contributed by atoms with van der Waals surface area (Å²) in [6, 6.07) is 11.0. The predicted octanol–water partition coefficient (Wildman–Crippen LogP) is 3.74. The lowest BCUT2D eigenvalue weighted by molar-refractivity contribution is 0.133. The normalized spacial score (nSPS) is 14.2. The SMILES string of the molecule is CNC(C)(C)C#Cc1cccc2c1COCCN2c1nc2nnc(C)n2c2cccc(F)c12. The van der Waals surface area contributed by atoms with E-state index < -0.39 is 0 Å². The van der Waals surface area contributed by atoms with Crippen molar-refractivity contribution >= 4 is 28.2 Å². The van der Waals surface area contributed by atoms with E-state index in [4.69, 9.17) is 9.72 Å². The van der Waals surface area contributed by atoms with Gasteiger partial charge in [-0.2, -0.15) is 4.98 Å². The number of ether oxygens (including phenoxy) is 1. The van der Waals surface area contributed by atoms with Crippen LogP contribution in [0.15, 0.2) is 36.4 Å². The lowest BCUT2D eigenvalue weighted by Crippen LogP contribution is -2.34. The second-order valence-corrected chi connectivity index (χ2v) is 8.58. The minimum Gasteiger partial charge on any atom is -0.375 e. The van der Waals surface area contributed by atoms with Crippen molar-refractivity contribution in [3.63, 3.8) is 0 Å². The van der Waals surface area contributed by atoms with Gasteiger partial charge in [-0.15, -0.1) is 10.2 Å². The number of rotatable bonds is 2. The van der Waals surface area contributed by atoms with Crippen LogP contribution in [0.1, 0.15) is 30.8 Å². The molecule has 8 heteroatoms. The van der Waals surface area contributed by atoms with E-state index in [1.165, 1.54) is 6.07 Å². The zero-order chi connectivity index (χ0) is 23.2. The highest BCUT2D eigenvalue weighted by atomic mass is 19.1. The molecule has 0 fully saturated rings. The molecule has 1 N–H and O–H groups in total. The van der Waals surface area contributed by atoms with Gasteiger partial charge in [0.05, 0.1) is 29.7 Å². The van der Waals surface area contributed by atoms with Crippen LogP contribution in [-0.2, 0) is 11.3 Å². The van der Waals surface area contributed by atoms with E-state index in [0.717, 1.165) is 16.8 Å². The standard InChI is InChI=1S/C25H25FN6O/c1-16-29-30-24-28-23(22-19(26)8-6-10-21(22)32(16)24)31-13-14-33-15-18-17(7-5-9-20(18)31)11-12-25(2,3)27-4/h5-10,27H,13-15H2,1-4H3. The fraction of sp³-hybridized carbons (Fsp3) is 0.320. The number of aryl methyl sites for hydroxylation is 1. The number of benzene rings is 2.